The van der Waals surface area contributed by atoms with Crippen molar-refractivity contribution in [3.05, 3.63) is 41.9 Å². The number of rotatable bonds is 3. The number of benzene rings is 1. The monoisotopic (exact) mass is 329 g/mol. The summed E-state index contributed by atoms with van der Waals surface area (Å²) < 4.78 is 11.0. The molecule has 1 aliphatic rings. The Kier molecular flexibility index (Phi) is 3.47. The zero-order valence-corrected chi connectivity index (χ0v) is 12.7. The molecular weight excluding hydrogens is 318 g/mol. The summed E-state index contributed by atoms with van der Waals surface area (Å²) in [6.45, 7) is 0.894. The highest BCUT2D eigenvalue weighted by molar-refractivity contribution is 6.28. The zero-order valence-electron chi connectivity index (χ0n) is 11.9. The summed E-state index contributed by atoms with van der Waals surface area (Å²) >= 11 is 5.93. The van der Waals surface area contributed by atoms with Gasteiger partial charge in [-0.05, 0) is 29.3 Å². The second-order valence-corrected chi connectivity index (χ2v) is 5.20. The Labute approximate surface area is 136 Å². The molecule has 0 saturated heterocycles. The van der Waals surface area contributed by atoms with Crippen molar-refractivity contribution >= 4 is 23.1 Å². The van der Waals surface area contributed by atoms with E-state index < -0.39 is 0 Å². The maximum Gasteiger partial charge on any atom is 0.264 e. The first-order chi connectivity index (χ1) is 11.3. The third-order valence-corrected chi connectivity index (χ3v) is 3.52. The Morgan fingerprint density at radius 1 is 1.04 bits per heavy atom. The standard InChI is InChI=1S/C15H12ClN5O2/c16-15-20-13(12-14(21-15)23-6-5-22-12)19-11-3-1-9(2-4-11)10-7-17-18-8-10/h1-4,7-8H,5-6H2,(H,17,18)(H,19,20,21). The van der Waals surface area contributed by atoms with Gasteiger partial charge in [0.25, 0.3) is 5.88 Å². The molecule has 0 bridgehead atoms. The third-order valence-electron chi connectivity index (χ3n) is 3.35. The molecule has 3 aromatic rings. The lowest BCUT2D eigenvalue weighted by atomic mass is 10.1. The summed E-state index contributed by atoms with van der Waals surface area (Å²) in [5, 5.41) is 10.0. The molecule has 2 aromatic heterocycles. The Hall–Kier alpha value is -2.80. The van der Waals surface area contributed by atoms with Gasteiger partial charge < -0.3 is 14.8 Å². The number of halogens is 1. The van der Waals surface area contributed by atoms with E-state index in [1.807, 2.05) is 30.5 Å². The van der Waals surface area contributed by atoms with E-state index in [1.54, 1.807) is 6.20 Å². The number of nitrogens with one attached hydrogen (secondary N) is 2. The van der Waals surface area contributed by atoms with E-state index in [2.05, 4.69) is 25.5 Å². The highest BCUT2D eigenvalue weighted by atomic mass is 35.5. The third kappa shape index (κ3) is 2.78. The van der Waals surface area contributed by atoms with Crippen molar-refractivity contribution in [1.82, 2.24) is 20.2 Å². The molecule has 1 aliphatic heterocycles. The number of aromatic amines is 1. The molecule has 0 atom stereocenters. The summed E-state index contributed by atoms with van der Waals surface area (Å²) in [7, 11) is 0. The fourth-order valence-corrected chi connectivity index (χ4v) is 2.45. The molecule has 0 radical (unpaired) electrons. The van der Waals surface area contributed by atoms with Gasteiger partial charge in [-0.1, -0.05) is 12.1 Å². The summed E-state index contributed by atoms with van der Waals surface area (Å²) in [6, 6.07) is 7.85. The van der Waals surface area contributed by atoms with Crippen LogP contribution in [0, 0.1) is 0 Å². The maximum atomic E-state index is 5.93. The van der Waals surface area contributed by atoms with Crippen LogP contribution in [0.15, 0.2) is 36.7 Å². The predicted octanol–water partition coefficient (Wildman–Crippen LogP) is 3.03. The molecule has 7 nitrogen and oxygen atoms in total. The second-order valence-electron chi connectivity index (χ2n) is 4.86. The average Bonchev–Trinajstić information content (AvgIpc) is 3.10. The van der Waals surface area contributed by atoms with Crippen LogP contribution >= 0.6 is 11.6 Å². The van der Waals surface area contributed by atoms with Crippen molar-refractivity contribution in [2.45, 2.75) is 0 Å². The van der Waals surface area contributed by atoms with Crippen molar-refractivity contribution in [2.75, 3.05) is 18.5 Å². The molecule has 0 unspecified atom stereocenters. The van der Waals surface area contributed by atoms with Gasteiger partial charge in [0.1, 0.15) is 13.2 Å². The number of hydrogen-bond donors (Lipinski definition) is 2. The molecule has 0 fully saturated rings. The van der Waals surface area contributed by atoms with E-state index in [9.17, 15) is 0 Å². The molecule has 1 aromatic carbocycles. The molecule has 0 aliphatic carbocycles. The molecule has 3 heterocycles. The van der Waals surface area contributed by atoms with Crippen LogP contribution in [0.5, 0.6) is 11.6 Å². The van der Waals surface area contributed by atoms with Crippen molar-refractivity contribution in [3.63, 3.8) is 0 Å². The molecule has 23 heavy (non-hydrogen) atoms. The maximum absolute atomic E-state index is 5.93. The SMILES string of the molecule is Clc1nc(Nc2ccc(-c3cn[nH]c3)cc2)c2c(n1)OCCO2. The minimum atomic E-state index is 0.103. The van der Waals surface area contributed by atoms with Gasteiger partial charge in [-0.3, -0.25) is 5.10 Å². The minimum Gasteiger partial charge on any atom is -0.482 e. The van der Waals surface area contributed by atoms with Crippen LogP contribution in [-0.4, -0.2) is 33.4 Å². The number of H-pyrrole nitrogens is 1. The summed E-state index contributed by atoms with van der Waals surface area (Å²) in [5.41, 5.74) is 2.94. The highest BCUT2D eigenvalue weighted by Gasteiger charge is 2.20. The van der Waals surface area contributed by atoms with Crippen molar-refractivity contribution < 1.29 is 9.47 Å². The molecule has 0 saturated carbocycles. The van der Waals surface area contributed by atoms with Crippen LogP contribution in [0.25, 0.3) is 11.1 Å². The molecule has 116 valence electrons. The lowest BCUT2D eigenvalue weighted by Crippen LogP contribution is -2.18. The number of anilines is 2. The quantitative estimate of drug-likeness (QED) is 0.718. The van der Waals surface area contributed by atoms with Crippen molar-refractivity contribution in [2.24, 2.45) is 0 Å². The molecule has 0 spiro atoms. The van der Waals surface area contributed by atoms with Gasteiger partial charge in [0.2, 0.25) is 11.0 Å². The van der Waals surface area contributed by atoms with E-state index in [-0.39, 0.29) is 5.28 Å². The van der Waals surface area contributed by atoms with Gasteiger partial charge in [-0.15, -0.1) is 0 Å². The van der Waals surface area contributed by atoms with E-state index >= 15 is 0 Å². The lowest BCUT2D eigenvalue weighted by Gasteiger charge is -2.20. The topological polar surface area (TPSA) is 85.0 Å². The number of aromatic nitrogens is 4. The molecule has 2 N–H and O–H groups in total. The first-order valence-corrected chi connectivity index (χ1v) is 7.37. The largest absolute Gasteiger partial charge is 0.482 e. The molecule has 4 rings (SSSR count). The summed E-state index contributed by atoms with van der Waals surface area (Å²) in [6.07, 6.45) is 3.61. The van der Waals surface area contributed by atoms with E-state index in [1.165, 1.54) is 0 Å². The van der Waals surface area contributed by atoms with Crippen LogP contribution in [0.3, 0.4) is 0 Å². The second kappa shape index (κ2) is 5.77. The summed E-state index contributed by atoms with van der Waals surface area (Å²) in [5.74, 6) is 1.31. The fourth-order valence-electron chi connectivity index (χ4n) is 2.29. The van der Waals surface area contributed by atoms with Gasteiger partial charge in [-0.25, -0.2) is 0 Å². The van der Waals surface area contributed by atoms with E-state index in [0.717, 1.165) is 16.8 Å². The van der Waals surface area contributed by atoms with Crippen LogP contribution in [0.4, 0.5) is 11.5 Å². The first-order valence-electron chi connectivity index (χ1n) is 6.99. The van der Waals surface area contributed by atoms with Crippen LogP contribution in [0.1, 0.15) is 0 Å². The van der Waals surface area contributed by atoms with Crippen molar-refractivity contribution in [3.8, 4) is 22.8 Å². The van der Waals surface area contributed by atoms with E-state index in [0.29, 0.717) is 30.7 Å². The summed E-state index contributed by atoms with van der Waals surface area (Å²) in [4.78, 5) is 8.20. The normalized spacial score (nSPS) is 12.9. The molecule has 0 amide bonds. The smallest absolute Gasteiger partial charge is 0.264 e. The average molecular weight is 330 g/mol. The van der Waals surface area contributed by atoms with E-state index in [4.69, 9.17) is 21.1 Å². The Morgan fingerprint density at radius 3 is 2.65 bits per heavy atom. The Balaban J connectivity index is 1.62. The predicted molar refractivity (Wildman–Crippen MR) is 85.3 cm³/mol. The van der Waals surface area contributed by atoms with Crippen molar-refractivity contribution in [1.29, 1.82) is 0 Å². The van der Waals surface area contributed by atoms with Crippen LogP contribution < -0.4 is 14.8 Å². The Morgan fingerprint density at radius 2 is 1.87 bits per heavy atom. The number of fused-ring (bicyclic) bond motifs is 1. The highest BCUT2D eigenvalue weighted by Crippen LogP contribution is 2.37. The number of nitrogens with zero attached hydrogens (tertiary/aromatic N) is 3. The van der Waals surface area contributed by atoms with Gasteiger partial charge in [0.15, 0.2) is 5.82 Å². The fraction of sp³-hybridized carbons (Fsp3) is 0.133. The zero-order chi connectivity index (χ0) is 15.6. The lowest BCUT2D eigenvalue weighted by molar-refractivity contribution is 0.164. The van der Waals surface area contributed by atoms with Crippen LogP contribution in [0.2, 0.25) is 5.28 Å². The van der Waals surface area contributed by atoms with Gasteiger partial charge in [0, 0.05) is 17.4 Å². The minimum absolute atomic E-state index is 0.103. The molecular formula is C15H12ClN5O2. The molecule has 8 heteroatoms. The van der Waals surface area contributed by atoms with Gasteiger partial charge in [0.05, 0.1) is 6.20 Å². The number of ether oxygens (including phenoxy) is 2. The Bertz CT molecular complexity index is 821. The van der Waals surface area contributed by atoms with Gasteiger partial charge >= 0.3 is 0 Å². The number of hydrogen-bond acceptors (Lipinski definition) is 6. The van der Waals surface area contributed by atoms with Crippen LogP contribution in [-0.2, 0) is 0 Å². The first kappa shape index (κ1) is 13.8. The van der Waals surface area contributed by atoms with Gasteiger partial charge in [-0.2, -0.15) is 15.1 Å².